The summed E-state index contributed by atoms with van der Waals surface area (Å²) in [6, 6.07) is 6.94. The van der Waals surface area contributed by atoms with E-state index >= 15 is 0 Å². The van der Waals surface area contributed by atoms with Crippen molar-refractivity contribution in [3.8, 4) is 0 Å². The van der Waals surface area contributed by atoms with E-state index in [0.29, 0.717) is 0 Å². The molecule has 0 radical (unpaired) electrons. The predicted octanol–water partition coefficient (Wildman–Crippen LogP) is 2.10. The lowest BCUT2D eigenvalue weighted by molar-refractivity contribution is 0.282. The van der Waals surface area contributed by atoms with Gasteiger partial charge in [-0.2, -0.15) is 0 Å². The highest BCUT2D eigenvalue weighted by Gasteiger charge is 2.10. The van der Waals surface area contributed by atoms with E-state index in [0.717, 1.165) is 49.3 Å². The molecule has 1 aliphatic rings. The molecule has 1 aromatic carbocycles. The summed E-state index contributed by atoms with van der Waals surface area (Å²) in [6.45, 7) is 5.27. The van der Waals surface area contributed by atoms with Crippen LogP contribution in [-0.4, -0.2) is 36.1 Å². The predicted molar refractivity (Wildman–Crippen MR) is 71.0 cm³/mol. The average molecular weight is 247 g/mol. The van der Waals surface area contributed by atoms with Gasteiger partial charge in [-0.25, -0.2) is 4.39 Å². The van der Waals surface area contributed by atoms with E-state index in [4.69, 9.17) is 0 Å². The van der Waals surface area contributed by atoms with Crippen molar-refractivity contribution in [2.75, 3.05) is 26.2 Å². The van der Waals surface area contributed by atoms with Gasteiger partial charge in [-0.15, -0.1) is 0 Å². The van der Waals surface area contributed by atoms with Crippen LogP contribution in [0.1, 0.15) is 12.1 Å². The van der Waals surface area contributed by atoms with Gasteiger partial charge < -0.3 is 10.3 Å². The van der Waals surface area contributed by atoms with Crippen molar-refractivity contribution in [3.63, 3.8) is 0 Å². The van der Waals surface area contributed by atoms with Gasteiger partial charge in [-0.1, -0.05) is 0 Å². The second-order valence-electron chi connectivity index (χ2n) is 4.91. The summed E-state index contributed by atoms with van der Waals surface area (Å²) in [6.07, 6.45) is 1.19. The van der Waals surface area contributed by atoms with E-state index < -0.39 is 0 Å². The maximum Gasteiger partial charge on any atom is 0.123 e. The Bertz CT molecular complexity index is 527. The molecule has 0 unspecified atom stereocenters. The highest BCUT2D eigenvalue weighted by atomic mass is 19.1. The van der Waals surface area contributed by atoms with Gasteiger partial charge in [0.2, 0.25) is 0 Å². The fourth-order valence-corrected chi connectivity index (χ4v) is 2.55. The van der Waals surface area contributed by atoms with E-state index in [-0.39, 0.29) is 5.82 Å². The Morgan fingerprint density at radius 1 is 1.17 bits per heavy atom. The van der Waals surface area contributed by atoms with Crippen molar-refractivity contribution in [2.24, 2.45) is 0 Å². The van der Waals surface area contributed by atoms with Gasteiger partial charge in [0.05, 0.1) is 0 Å². The molecule has 1 aromatic heterocycles. The molecule has 4 heteroatoms. The first kappa shape index (κ1) is 11.7. The Balaban J connectivity index is 1.77. The van der Waals surface area contributed by atoms with Crippen LogP contribution in [0.15, 0.2) is 24.3 Å². The lowest BCUT2D eigenvalue weighted by Crippen LogP contribution is -2.27. The third-order valence-electron chi connectivity index (χ3n) is 3.47. The maximum atomic E-state index is 13.1. The van der Waals surface area contributed by atoms with Crippen LogP contribution in [0.4, 0.5) is 4.39 Å². The third-order valence-corrected chi connectivity index (χ3v) is 3.47. The topological polar surface area (TPSA) is 31.1 Å². The van der Waals surface area contributed by atoms with Gasteiger partial charge in [0.25, 0.3) is 0 Å². The maximum absolute atomic E-state index is 13.1. The zero-order valence-electron chi connectivity index (χ0n) is 10.4. The van der Waals surface area contributed by atoms with Gasteiger partial charge >= 0.3 is 0 Å². The molecule has 2 aromatic rings. The van der Waals surface area contributed by atoms with Gasteiger partial charge in [-0.3, -0.25) is 4.90 Å². The monoisotopic (exact) mass is 247 g/mol. The largest absolute Gasteiger partial charge is 0.357 e. The van der Waals surface area contributed by atoms with Gasteiger partial charge in [0.15, 0.2) is 0 Å². The van der Waals surface area contributed by atoms with Crippen LogP contribution < -0.4 is 5.32 Å². The number of halogens is 1. The Morgan fingerprint density at radius 2 is 2.11 bits per heavy atom. The number of benzene rings is 1. The number of aromatic nitrogens is 1. The number of nitrogens with one attached hydrogen (secondary N) is 2. The fourth-order valence-electron chi connectivity index (χ4n) is 2.55. The molecule has 0 aliphatic carbocycles. The van der Waals surface area contributed by atoms with Crippen LogP contribution in [0.2, 0.25) is 0 Å². The number of hydrogen-bond acceptors (Lipinski definition) is 2. The SMILES string of the molecule is Fc1ccc2[nH]c(CN3CCCNCC3)cc2c1. The molecule has 0 atom stereocenters. The number of nitrogens with zero attached hydrogens (tertiary/aromatic N) is 1. The first-order valence-corrected chi connectivity index (χ1v) is 6.51. The minimum atomic E-state index is -0.174. The Morgan fingerprint density at radius 3 is 3.06 bits per heavy atom. The number of rotatable bonds is 2. The highest BCUT2D eigenvalue weighted by molar-refractivity contribution is 5.80. The van der Waals surface area contributed by atoms with Crippen molar-refractivity contribution >= 4 is 10.9 Å². The minimum absolute atomic E-state index is 0.174. The number of fused-ring (bicyclic) bond motifs is 1. The summed E-state index contributed by atoms with van der Waals surface area (Å²) in [5.41, 5.74) is 2.18. The summed E-state index contributed by atoms with van der Waals surface area (Å²) in [5, 5.41) is 4.35. The summed E-state index contributed by atoms with van der Waals surface area (Å²) in [4.78, 5) is 5.79. The molecule has 2 N–H and O–H groups in total. The zero-order chi connectivity index (χ0) is 12.4. The molecule has 1 aliphatic heterocycles. The van der Waals surface area contributed by atoms with E-state index in [1.54, 1.807) is 12.1 Å². The zero-order valence-corrected chi connectivity index (χ0v) is 10.4. The molecule has 1 fully saturated rings. The first-order chi connectivity index (χ1) is 8.81. The average Bonchev–Trinajstić information content (AvgIpc) is 2.57. The van der Waals surface area contributed by atoms with Crippen molar-refractivity contribution in [1.29, 1.82) is 0 Å². The molecule has 0 bridgehead atoms. The van der Waals surface area contributed by atoms with Crippen LogP contribution in [0.5, 0.6) is 0 Å². The fraction of sp³-hybridized carbons (Fsp3) is 0.429. The molecule has 0 spiro atoms. The lowest BCUT2D eigenvalue weighted by Gasteiger charge is -2.18. The summed E-state index contributed by atoms with van der Waals surface area (Å²) in [7, 11) is 0. The second-order valence-corrected chi connectivity index (χ2v) is 4.91. The standard InChI is InChI=1S/C14H18FN3/c15-12-2-3-14-11(8-12)9-13(17-14)10-18-6-1-4-16-5-7-18/h2-3,8-9,16-17H,1,4-7,10H2. The van der Waals surface area contributed by atoms with Crippen molar-refractivity contribution in [2.45, 2.75) is 13.0 Å². The molecule has 96 valence electrons. The van der Waals surface area contributed by atoms with Crippen molar-refractivity contribution < 1.29 is 4.39 Å². The number of H-pyrrole nitrogens is 1. The Hall–Kier alpha value is -1.39. The summed E-state index contributed by atoms with van der Waals surface area (Å²) in [5.74, 6) is -0.174. The van der Waals surface area contributed by atoms with Crippen molar-refractivity contribution in [1.82, 2.24) is 15.2 Å². The molecule has 1 saturated heterocycles. The van der Waals surface area contributed by atoms with Crippen LogP contribution >= 0.6 is 0 Å². The molecule has 0 saturated carbocycles. The van der Waals surface area contributed by atoms with E-state index in [2.05, 4.69) is 21.3 Å². The van der Waals surface area contributed by atoms with E-state index in [1.807, 2.05) is 0 Å². The normalized spacial score (nSPS) is 18.1. The molecule has 0 amide bonds. The summed E-state index contributed by atoms with van der Waals surface area (Å²) < 4.78 is 13.1. The lowest BCUT2D eigenvalue weighted by atomic mass is 10.2. The quantitative estimate of drug-likeness (QED) is 0.851. The highest BCUT2D eigenvalue weighted by Crippen LogP contribution is 2.17. The minimum Gasteiger partial charge on any atom is -0.357 e. The third kappa shape index (κ3) is 2.54. The number of hydrogen-bond donors (Lipinski definition) is 2. The van der Waals surface area contributed by atoms with Crippen LogP contribution in [0, 0.1) is 5.82 Å². The van der Waals surface area contributed by atoms with Gasteiger partial charge in [-0.05, 0) is 43.8 Å². The first-order valence-electron chi connectivity index (χ1n) is 6.51. The Labute approximate surface area is 106 Å². The molecular weight excluding hydrogens is 229 g/mol. The van der Waals surface area contributed by atoms with Gasteiger partial charge in [0.1, 0.15) is 5.82 Å². The molecule has 18 heavy (non-hydrogen) atoms. The molecule has 3 rings (SSSR count). The second kappa shape index (κ2) is 5.08. The number of aromatic amines is 1. The van der Waals surface area contributed by atoms with Crippen LogP contribution in [0.25, 0.3) is 10.9 Å². The smallest absolute Gasteiger partial charge is 0.123 e. The van der Waals surface area contributed by atoms with Crippen LogP contribution in [0.3, 0.4) is 0 Å². The van der Waals surface area contributed by atoms with E-state index in [9.17, 15) is 4.39 Å². The van der Waals surface area contributed by atoms with Crippen molar-refractivity contribution in [3.05, 3.63) is 35.8 Å². The molecular formula is C14H18FN3. The molecule has 3 nitrogen and oxygen atoms in total. The molecule has 2 heterocycles. The summed E-state index contributed by atoms with van der Waals surface area (Å²) >= 11 is 0. The Kier molecular flexibility index (Phi) is 3.30. The van der Waals surface area contributed by atoms with E-state index in [1.165, 1.54) is 12.5 Å². The van der Waals surface area contributed by atoms with Gasteiger partial charge in [0, 0.05) is 36.2 Å². The van der Waals surface area contributed by atoms with Crippen LogP contribution in [-0.2, 0) is 6.54 Å².